The van der Waals surface area contributed by atoms with E-state index in [1.165, 1.54) is 6.07 Å². The molecule has 0 aliphatic rings. The molecular weight excluding hydrogens is 243 g/mol. The molecule has 0 fully saturated rings. The Balaban J connectivity index is 2.22. The molecule has 0 bridgehead atoms. The van der Waals surface area contributed by atoms with Crippen LogP contribution in [-0.2, 0) is 0 Å². The van der Waals surface area contributed by atoms with Crippen molar-refractivity contribution in [1.29, 1.82) is 0 Å². The monoisotopic (exact) mass is 260 g/mol. The number of halogens is 2. The molecular formula is C12H18ClFN2O. The van der Waals surface area contributed by atoms with Gasteiger partial charge < -0.3 is 15.0 Å². The zero-order valence-corrected chi connectivity index (χ0v) is 10.9. The first-order valence-corrected chi connectivity index (χ1v) is 5.91. The number of para-hydroxylation sites is 1. The molecule has 0 amide bonds. The Bertz CT molecular complexity index is 327. The summed E-state index contributed by atoms with van der Waals surface area (Å²) in [6.07, 6.45) is 0. The molecule has 5 heteroatoms. The number of rotatable bonds is 7. The fraction of sp³-hybridized carbons (Fsp3) is 0.500. The van der Waals surface area contributed by atoms with Gasteiger partial charge in [-0.15, -0.1) is 0 Å². The Labute approximate surface area is 107 Å². The number of nitrogens with zero attached hydrogens (tertiary/aromatic N) is 1. The molecule has 0 atom stereocenters. The van der Waals surface area contributed by atoms with Crippen LogP contribution in [0.5, 0.6) is 5.75 Å². The van der Waals surface area contributed by atoms with Gasteiger partial charge in [-0.05, 0) is 26.2 Å². The number of likely N-dealkylation sites (N-methyl/N-ethyl adjacent to an activating group) is 1. The van der Waals surface area contributed by atoms with Crippen molar-refractivity contribution in [3.05, 3.63) is 29.0 Å². The van der Waals surface area contributed by atoms with Gasteiger partial charge in [-0.3, -0.25) is 0 Å². The first-order chi connectivity index (χ1) is 8.11. The second-order valence-electron chi connectivity index (χ2n) is 3.95. The zero-order valence-electron chi connectivity index (χ0n) is 10.2. The first kappa shape index (κ1) is 14.2. The molecule has 0 spiro atoms. The van der Waals surface area contributed by atoms with Crippen LogP contribution in [0, 0.1) is 5.82 Å². The smallest absolute Gasteiger partial charge is 0.173 e. The summed E-state index contributed by atoms with van der Waals surface area (Å²) >= 11 is 5.82. The lowest BCUT2D eigenvalue weighted by Gasteiger charge is -2.11. The van der Waals surface area contributed by atoms with E-state index in [0.29, 0.717) is 18.2 Å². The zero-order chi connectivity index (χ0) is 12.7. The first-order valence-electron chi connectivity index (χ1n) is 5.53. The molecule has 0 aliphatic heterocycles. The summed E-state index contributed by atoms with van der Waals surface area (Å²) < 4.78 is 18.6. The van der Waals surface area contributed by atoms with Crippen LogP contribution in [0.15, 0.2) is 18.2 Å². The van der Waals surface area contributed by atoms with E-state index in [1.807, 2.05) is 14.1 Å². The summed E-state index contributed by atoms with van der Waals surface area (Å²) in [7, 11) is 4.02. The molecule has 0 unspecified atom stereocenters. The Hall–Kier alpha value is -0.840. The van der Waals surface area contributed by atoms with Crippen LogP contribution in [0.25, 0.3) is 0 Å². The largest absolute Gasteiger partial charge is 0.488 e. The Morgan fingerprint density at radius 3 is 2.76 bits per heavy atom. The van der Waals surface area contributed by atoms with E-state index in [1.54, 1.807) is 12.1 Å². The minimum absolute atomic E-state index is 0.128. The second kappa shape index (κ2) is 7.48. The third kappa shape index (κ3) is 5.35. The van der Waals surface area contributed by atoms with E-state index in [-0.39, 0.29) is 5.75 Å². The van der Waals surface area contributed by atoms with E-state index in [0.717, 1.165) is 13.1 Å². The standard InChI is InChI=1S/C12H18ClFN2O/c1-16(2)8-6-15-7-9-17-12-10(13)4-3-5-11(12)14/h3-5,15H,6-9H2,1-2H3. The van der Waals surface area contributed by atoms with Crippen LogP contribution in [0.1, 0.15) is 0 Å². The van der Waals surface area contributed by atoms with Gasteiger partial charge in [0, 0.05) is 19.6 Å². The molecule has 96 valence electrons. The predicted molar refractivity (Wildman–Crippen MR) is 68.3 cm³/mol. The fourth-order valence-corrected chi connectivity index (χ4v) is 1.49. The third-order valence-electron chi connectivity index (χ3n) is 2.18. The SMILES string of the molecule is CN(C)CCNCCOc1c(F)cccc1Cl. The van der Waals surface area contributed by atoms with Crippen molar-refractivity contribution in [2.24, 2.45) is 0 Å². The van der Waals surface area contributed by atoms with Gasteiger partial charge in [0.25, 0.3) is 0 Å². The summed E-state index contributed by atoms with van der Waals surface area (Å²) in [6, 6.07) is 4.50. The highest BCUT2D eigenvalue weighted by molar-refractivity contribution is 6.32. The second-order valence-corrected chi connectivity index (χ2v) is 4.36. The van der Waals surface area contributed by atoms with E-state index >= 15 is 0 Å². The van der Waals surface area contributed by atoms with Crippen LogP contribution in [0.3, 0.4) is 0 Å². The highest BCUT2D eigenvalue weighted by Gasteiger charge is 2.07. The average molecular weight is 261 g/mol. The van der Waals surface area contributed by atoms with Crippen molar-refractivity contribution in [1.82, 2.24) is 10.2 Å². The molecule has 0 aromatic heterocycles. The molecule has 1 aromatic carbocycles. The fourth-order valence-electron chi connectivity index (χ4n) is 1.27. The molecule has 1 aromatic rings. The van der Waals surface area contributed by atoms with Crippen LogP contribution < -0.4 is 10.1 Å². The number of nitrogens with one attached hydrogen (secondary N) is 1. The van der Waals surface area contributed by atoms with Crippen LogP contribution in [0.4, 0.5) is 4.39 Å². The number of ether oxygens (including phenoxy) is 1. The van der Waals surface area contributed by atoms with Crippen LogP contribution in [-0.4, -0.2) is 45.2 Å². The molecule has 17 heavy (non-hydrogen) atoms. The quantitative estimate of drug-likeness (QED) is 0.759. The molecule has 1 rings (SSSR count). The highest BCUT2D eigenvalue weighted by atomic mass is 35.5. The molecule has 0 saturated carbocycles. The van der Waals surface area contributed by atoms with E-state index < -0.39 is 5.82 Å². The number of hydrogen-bond acceptors (Lipinski definition) is 3. The Morgan fingerprint density at radius 1 is 1.35 bits per heavy atom. The molecule has 0 aliphatic carbocycles. The maximum Gasteiger partial charge on any atom is 0.173 e. The van der Waals surface area contributed by atoms with Gasteiger partial charge in [0.1, 0.15) is 6.61 Å². The van der Waals surface area contributed by atoms with Crippen molar-refractivity contribution in [2.75, 3.05) is 40.3 Å². The van der Waals surface area contributed by atoms with E-state index in [9.17, 15) is 4.39 Å². The lowest BCUT2D eigenvalue weighted by Crippen LogP contribution is -2.29. The van der Waals surface area contributed by atoms with E-state index in [4.69, 9.17) is 16.3 Å². The normalized spacial score (nSPS) is 10.9. The van der Waals surface area contributed by atoms with Gasteiger partial charge >= 0.3 is 0 Å². The van der Waals surface area contributed by atoms with E-state index in [2.05, 4.69) is 10.2 Å². The van der Waals surface area contributed by atoms with Crippen LogP contribution in [0.2, 0.25) is 5.02 Å². The number of hydrogen-bond donors (Lipinski definition) is 1. The summed E-state index contributed by atoms with van der Waals surface area (Å²) in [6.45, 7) is 2.90. The Morgan fingerprint density at radius 2 is 2.12 bits per heavy atom. The molecule has 0 heterocycles. The van der Waals surface area contributed by atoms with Gasteiger partial charge in [-0.25, -0.2) is 4.39 Å². The summed E-state index contributed by atoms with van der Waals surface area (Å²) in [5.74, 6) is -0.297. The van der Waals surface area contributed by atoms with Gasteiger partial charge in [0.15, 0.2) is 11.6 Å². The van der Waals surface area contributed by atoms with Crippen LogP contribution >= 0.6 is 11.6 Å². The lowest BCUT2D eigenvalue weighted by atomic mass is 10.3. The minimum atomic E-state index is -0.425. The maximum absolute atomic E-state index is 13.3. The van der Waals surface area contributed by atoms with Gasteiger partial charge in [-0.1, -0.05) is 17.7 Å². The molecule has 3 nitrogen and oxygen atoms in total. The van der Waals surface area contributed by atoms with Crippen molar-refractivity contribution < 1.29 is 9.13 Å². The van der Waals surface area contributed by atoms with Crippen molar-refractivity contribution in [3.63, 3.8) is 0 Å². The summed E-state index contributed by atoms with van der Waals surface area (Å²) in [5, 5.41) is 3.50. The summed E-state index contributed by atoms with van der Waals surface area (Å²) in [5.41, 5.74) is 0. The minimum Gasteiger partial charge on any atom is -0.488 e. The lowest BCUT2D eigenvalue weighted by molar-refractivity contribution is 0.295. The Kier molecular flexibility index (Phi) is 6.26. The highest BCUT2D eigenvalue weighted by Crippen LogP contribution is 2.26. The third-order valence-corrected chi connectivity index (χ3v) is 2.48. The topological polar surface area (TPSA) is 24.5 Å². The maximum atomic E-state index is 13.3. The van der Waals surface area contributed by atoms with Gasteiger partial charge in [0.05, 0.1) is 5.02 Å². The summed E-state index contributed by atoms with van der Waals surface area (Å²) in [4.78, 5) is 2.08. The predicted octanol–water partition coefficient (Wildman–Crippen LogP) is 2.01. The van der Waals surface area contributed by atoms with Crippen molar-refractivity contribution in [2.45, 2.75) is 0 Å². The van der Waals surface area contributed by atoms with Gasteiger partial charge in [-0.2, -0.15) is 0 Å². The number of benzene rings is 1. The van der Waals surface area contributed by atoms with Gasteiger partial charge in [0.2, 0.25) is 0 Å². The molecule has 1 N–H and O–H groups in total. The van der Waals surface area contributed by atoms with Crippen molar-refractivity contribution in [3.8, 4) is 5.75 Å². The average Bonchev–Trinajstić information content (AvgIpc) is 2.26. The molecule has 0 radical (unpaired) electrons. The molecule has 0 saturated heterocycles. The van der Waals surface area contributed by atoms with Crippen molar-refractivity contribution >= 4 is 11.6 Å².